The molecule has 2 heterocycles. The number of likely N-dealkylation sites (tertiary alicyclic amines) is 2. The summed E-state index contributed by atoms with van der Waals surface area (Å²) in [6.07, 6.45) is 3.01. The molecule has 2 fully saturated rings. The molecule has 2 saturated heterocycles. The second-order valence-electron chi connectivity index (χ2n) is 5.98. The quantitative estimate of drug-likeness (QED) is 0.909. The topological polar surface area (TPSA) is 43.8 Å². The minimum absolute atomic E-state index is 0.644. The van der Waals surface area contributed by atoms with Gasteiger partial charge in [0, 0.05) is 19.6 Å². The van der Waals surface area contributed by atoms with Crippen molar-refractivity contribution in [3.8, 4) is 0 Å². The minimum atomic E-state index is -0.648. The zero-order valence-corrected chi connectivity index (χ0v) is 11.8. The van der Waals surface area contributed by atoms with Gasteiger partial charge in [-0.3, -0.25) is 14.6 Å². The van der Waals surface area contributed by atoms with Crippen LogP contribution in [0, 0.1) is 0 Å². The van der Waals surface area contributed by atoms with E-state index in [9.17, 15) is 9.90 Å². The highest BCUT2D eigenvalue weighted by atomic mass is 16.4. The lowest BCUT2D eigenvalue weighted by atomic mass is 9.96. The Morgan fingerprint density at radius 3 is 2.50 bits per heavy atom. The van der Waals surface area contributed by atoms with Crippen molar-refractivity contribution in [3.05, 3.63) is 35.9 Å². The first kappa shape index (κ1) is 13.6. The molecule has 1 N–H and O–H groups in total. The number of aliphatic carboxylic acids is 1. The van der Waals surface area contributed by atoms with Crippen molar-refractivity contribution in [1.29, 1.82) is 0 Å². The number of hydrogen-bond acceptors (Lipinski definition) is 3. The number of hydrogen-bond donors (Lipinski definition) is 1. The second kappa shape index (κ2) is 5.54. The highest BCUT2D eigenvalue weighted by Gasteiger charge is 2.49. The maximum atomic E-state index is 11.8. The first-order valence-electron chi connectivity index (χ1n) is 7.45. The summed E-state index contributed by atoms with van der Waals surface area (Å²) in [7, 11) is 0. The van der Waals surface area contributed by atoms with Gasteiger partial charge in [-0.2, -0.15) is 0 Å². The zero-order chi connectivity index (χ0) is 14.0. The Morgan fingerprint density at radius 1 is 1.15 bits per heavy atom. The Labute approximate surface area is 120 Å². The lowest BCUT2D eigenvalue weighted by Gasteiger charge is -2.34. The van der Waals surface area contributed by atoms with E-state index in [4.69, 9.17) is 0 Å². The van der Waals surface area contributed by atoms with Gasteiger partial charge in [-0.25, -0.2) is 0 Å². The normalized spacial score (nSPS) is 28.0. The predicted molar refractivity (Wildman–Crippen MR) is 77.5 cm³/mol. The average molecular weight is 274 g/mol. The molecule has 0 bridgehead atoms. The summed E-state index contributed by atoms with van der Waals surface area (Å²) in [6.45, 7) is 4.25. The monoisotopic (exact) mass is 274 g/mol. The van der Waals surface area contributed by atoms with E-state index in [1.54, 1.807) is 0 Å². The van der Waals surface area contributed by atoms with Gasteiger partial charge in [-0.15, -0.1) is 0 Å². The molecule has 1 unspecified atom stereocenters. The van der Waals surface area contributed by atoms with Crippen molar-refractivity contribution in [2.75, 3.05) is 26.2 Å². The molecule has 4 nitrogen and oxygen atoms in total. The Balaban J connectivity index is 1.71. The van der Waals surface area contributed by atoms with Gasteiger partial charge in [0.25, 0.3) is 0 Å². The summed E-state index contributed by atoms with van der Waals surface area (Å²) in [4.78, 5) is 16.3. The van der Waals surface area contributed by atoms with Crippen LogP contribution in [-0.2, 0) is 11.3 Å². The summed E-state index contributed by atoms with van der Waals surface area (Å²) < 4.78 is 0. The predicted octanol–water partition coefficient (Wildman–Crippen LogP) is 1.81. The van der Waals surface area contributed by atoms with E-state index in [2.05, 4.69) is 21.9 Å². The number of carboxylic acid groups (broad SMARTS) is 1. The van der Waals surface area contributed by atoms with E-state index in [-0.39, 0.29) is 0 Å². The zero-order valence-electron chi connectivity index (χ0n) is 11.8. The van der Waals surface area contributed by atoms with Crippen LogP contribution in [0.4, 0.5) is 0 Å². The number of carbonyl (C=O) groups is 1. The fourth-order valence-electron chi connectivity index (χ4n) is 3.56. The van der Waals surface area contributed by atoms with Crippen LogP contribution in [0.5, 0.6) is 0 Å². The Bertz CT molecular complexity index is 471. The van der Waals surface area contributed by atoms with Gasteiger partial charge in [-0.1, -0.05) is 30.3 Å². The van der Waals surface area contributed by atoms with E-state index in [1.165, 1.54) is 5.56 Å². The lowest BCUT2D eigenvalue weighted by molar-refractivity contribution is -0.150. The standard InChI is InChI=1S/C16H22N2O2/c19-15(20)16(18-9-4-5-10-18)8-11-17(13-16)12-14-6-2-1-3-7-14/h1-3,6-7H,4-5,8-13H2,(H,19,20). The molecule has 0 amide bonds. The molecule has 108 valence electrons. The number of benzene rings is 1. The highest BCUT2D eigenvalue weighted by Crippen LogP contribution is 2.32. The van der Waals surface area contributed by atoms with Crippen molar-refractivity contribution in [1.82, 2.24) is 9.80 Å². The third-order valence-corrected chi connectivity index (χ3v) is 4.69. The van der Waals surface area contributed by atoms with Gasteiger partial charge in [0.1, 0.15) is 5.54 Å². The fraction of sp³-hybridized carbons (Fsp3) is 0.562. The van der Waals surface area contributed by atoms with E-state index in [0.717, 1.165) is 45.4 Å². The lowest BCUT2D eigenvalue weighted by Crippen LogP contribution is -2.55. The van der Waals surface area contributed by atoms with Crippen molar-refractivity contribution in [3.63, 3.8) is 0 Å². The summed E-state index contributed by atoms with van der Waals surface area (Å²) >= 11 is 0. The molecule has 0 saturated carbocycles. The summed E-state index contributed by atoms with van der Waals surface area (Å²) in [5.74, 6) is -0.644. The molecular formula is C16H22N2O2. The van der Waals surface area contributed by atoms with E-state index >= 15 is 0 Å². The van der Waals surface area contributed by atoms with Gasteiger partial charge in [0.15, 0.2) is 0 Å². The van der Waals surface area contributed by atoms with Crippen molar-refractivity contribution >= 4 is 5.97 Å². The SMILES string of the molecule is O=C(O)C1(N2CCCC2)CCN(Cc2ccccc2)C1. The van der Waals surface area contributed by atoms with Crippen LogP contribution in [0.3, 0.4) is 0 Å². The van der Waals surface area contributed by atoms with Crippen molar-refractivity contribution in [2.45, 2.75) is 31.3 Å². The van der Waals surface area contributed by atoms with Crippen LogP contribution in [0.2, 0.25) is 0 Å². The average Bonchev–Trinajstić information content (AvgIpc) is 3.09. The number of rotatable bonds is 4. The molecule has 0 spiro atoms. The molecule has 2 aliphatic rings. The minimum Gasteiger partial charge on any atom is -0.480 e. The van der Waals surface area contributed by atoms with Gasteiger partial charge >= 0.3 is 5.97 Å². The van der Waals surface area contributed by atoms with Crippen LogP contribution >= 0.6 is 0 Å². The maximum absolute atomic E-state index is 11.8. The van der Waals surface area contributed by atoms with Gasteiger partial charge in [0.2, 0.25) is 0 Å². The van der Waals surface area contributed by atoms with Crippen LogP contribution in [-0.4, -0.2) is 52.6 Å². The second-order valence-corrected chi connectivity index (χ2v) is 5.98. The van der Waals surface area contributed by atoms with E-state index in [1.807, 2.05) is 18.2 Å². The molecular weight excluding hydrogens is 252 g/mol. The molecule has 0 aromatic heterocycles. The smallest absolute Gasteiger partial charge is 0.325 e. The van der Waals surface area contributed by atoms with E-state index in [0.29, 0.717) is 6.54 Å². The molecule has 0 aliphatic carbocycles. The highest BCUT2D eigenvalue weighted by molar-refractivity contribution is 5.79. The number of carboxylic acids is 1. The molecule has 1 aromatic rings. The molecule has 1 atom stereocenters. The molecule has 3 rings (SSSR count). The van der Waals surface area contributed by atoms with Crippen LogP contribution in [0.25, 0.3) is 0 Å². The number of nitrogens with zero attached hydrogens (tertiary/aromatic N) is 2. The molecule has 0 radical (unpaired) electrons. The Morgan fingerprint density at radius 2 is 1.85 bits per heavy atom. The van der Waals surface area contributed by atoms with Gasteiger partial charge in [-0.05, 0) is 37.9 Å². The van der Waals surface area contributed by atoms with Crippen LogP contribution in [0.15, 0.2) is 30.3 Å². The van der Waals surface area contributed by atoms with Crippen LogP contribution in [0.1, 0.15) is 24.8 Å². The first-order chi connectivity index (χ1) is 9.71. The molecule has 20 heavy (non-hydrogen) atoms. The third kappa shape index (κ3) is 2.45. The van der Waals surface area contributed by atoms with Gasteiger partial charge in [0.05, 0.1) is 0 Å². The summed E-state index contributed by atoms with van der Waals surface area (Å²) in [6, 6.07) is 10.3. The van der Waals surface area contributed by atoms with Crippen molar-refractivity contribution < 1.29 is 9.90 Å². The maximum Gasteiger partial charge on any atom is 0.325 e. The molecule has 4 heteroatoms. The van der Waals surface area contributed by atoms with Crippen LogP contribution < -0.4 is 0 Å². The summed E-state index contributed by atoms with van der Waals surface area (Å²) in [5.41, 5.74) is 0.612. The van der Waals surface area contributed by atoms with Crippen molar-refractivity contribution in [2.24, 2.45) is 0 Å². The third-order valence-electron chi connectivity index (χ3n) is 4.69. The fourth-order valence-corrected chi connectivity index (χ4v) is 3.56. The summed E-state index contributed by atoms with van der Waals surface area (Å²) in [5, 5.41) is 9.74. The first-order valence-corrected chi connectivity index (χ1v) is 7.45. The van der Waals surface area contributed by atoms with Gasteiger partial charge < -0.3 is 5.11 Å². The molecule has 1 aromatic carbocycles. The van der Waals surface area contributed by atoms with E-state index < -0.39 is 11.5 Å². The largest absolute Gasteiger partial charge is 0.480 e. The Hall–Kier alpha value is -1.39. The Kier molecular flexibility index (Phi) is 3.76. The molecule has 2 aliphatic heterocycles.